The van der Waals surface area contributed by atoms with Gasteiger partial charge in [-0.2, -0.15) is 0 Å². The van der Waals surface area contributed by atoms with Crippen molar-refractivity contribution in [3.63, 3.8) is 0 Å². The van der Waals surface area contributed by atoms with Crippen LogP contribution in [0.3, 0.4) is 0 Å². The van der Waals surface area contributed by atoms with Gasteiger partial charge in [0, 0.05) is 17.7 Å². The molecule has 2 heterocycles. The first-order chi connectivity index (χ1) is 11.3. The lowest BCUT2D eigenvalue weighted by molar-refractivity contribution is 0.00578. The van der Waals surface area contributed by atoms with Crippen LogP contribution in [0.5, 0.6) is 0 Å². The van der Waals surface area contributed by atoms with Crippen LogP contribution in [0.2, 0.25) is 0 Å². The number of anilines is 1. The lowest BCUT2D eigenvalue weighted by Gasteiger charge is -2.32. The fourth-order valence-electron chi connectivity index (χ4n) is 2.65. The van der Waals surface area contributed by atoms with E-state index in [0.29, 0.717) is 6.54 Å². The number of nitrogens with one attached hydrogen (secondary N) is 1. The minimum absolute atomic E-state index is 0.362. The molecule has 1 aliphatic heterocycles. The maximum Gasteiger partial charge on any atom is 0.498 e. The first kappa shape index (κ1) is 17.0. The third-order valence-electron chi connectivity index (χ3n) is 4.88. The summed E-state index contributed by atoms with van der Waals surface area (Å²) in [6, 6.07) is 14.3. The second-order valence-corrected chi connectivity index (χ2v) is 7.32. The zero-order valence-corrected chi connectivity index (χ0v) is 15.1. The van der Waals surface area contributed by atoms with Crippen LogP contribution in [-0.4, -0.2) is 23.3 Å². The Morgan fingerprint density at radius 3 is 2.21 bits per heavy atom. The van der Waals surface area contributed by atoms with Crippen LogP contribution in [0, 0.1) is 6.92 Å². The minimum atomic E-state index is -0.415. The minimum Gasteiger partial charge on any atom is -0.399 e. The fourth-order valence-corrected chi connectivity index (χ4v) is 2.65. The van der Waals surface area contributed by atoms with E-state index in [1.807, 2.05) is 37.3 Å². The van der Waals surface area contributed by atoms with Gasteiger partial charge in [0.05, 0.1) is 11.2 Å². The summed E-state index contributed by atoms with van der Waals surface area (Å²) in [7, 11) is -0.415. The molecule has 1 saturated heterocycles. The highest BCUT2D eigenvalue weighted by Crippen LogP contribution is 2.36. The number of pyridine rings is 1. The van der Waals surface area contributed by atoms with Crippen molar-refractivity contribution in [1.29, 1.82) is 0 Å². The lowest BCUT2D eigenvalue weighted by Crippen LogP contribution is -2.41. The summed E-state index contributed by atoms with van der Waals surface area (Å²) in [4.78, 5) is 4.66. The van der Waals surface area contributed by atoms with E-state index in [0.717, 1.165) is 17.0 Å². The van der Waals surface area contributed by atoms with Crippen molar-refractivity contribution in [3.8, 4) is 0 Å². The van der Waals surface area contributed by atoms with E-state index >= 15 is 0 Å². The summed E-state index contributed by atoms with van der Waals surface area (Å²) >= 11 is 0. The van der Waals surface area contributed by atoms with Gasteiger partial charge in [0.15, 0.2) is 0 Å². The van der Waals surface area contributed by atoms with Gasteiger partial charge in [-0.1, -0.05) is 36.4 Å². The topological polar surface area (TPSA) is 43.4 Å². The van der Waals surface area contributed by atoms with Gasteiger partial charge in [-0.3, -0.25) is 0 Å². The van der Waals surface area contributed by atoms with Crippen LogP contribution in [0.4, 0.5) is 5.82 Å². The van der Waals surface area contributed by atoms with Crippen LogP contribution in [0.15, 0.2) is 42.5 Å². The summed E-state index contributed by atoms with van der Waals surface area (Å²) in [6.45, 7) is 10.9. The molecule has 5 heteroatoms. The van der Waals surface area contributed by atoms with Gasteiger partial charge in [0.25, 0.3) is 0 Å². The molecule has 1 aromatic carbocycles. The van der Waals surface area contributed by atoms with Crippen LogP contribution >= 0.6 is 0 Å². The first-order valence-corrected chi connectivity index (χ1v) is 8.39. The van der Waals surface area contributed by atoms with Crippen LogP contribution in [0.25, 0.3) is 0 Å². The molecule has 24 heavy (non-hydrogen) atoms. The Kier molecular flexibility index (Phi) is 4.41. The van der Waals surface area contributed by atoms with Crippen molar-refractivity contribution in [2.75, 3.05) is 5.32 Å². The summed E-state index contributed by atoms with van der Waals surface area (Å²) < 4.78 is 12.4. The predicted octanol–water partition coefficient (Wildman–Crippen LogP) is 3.30. The molecule has 0 unspecified atom stereocenters. The van der Waals surface area contributed by atoms with Crippen molar-refractivity contribution in [1.82, 2.24) is 4.98 Å². The third-order valence-corrected chi connectivity index (χ3v) is 4.88. The van der Waals surface area contributed by atoms with E-state index in [1.54, 1.807) is 0 Å². The van der Waals surface area contributed by atoms with E-state index in [-0.39, 0.29) is 11.2 Å². The van der Waals surface area contributed by atoms with E-state index in [2.05, 4.69) is 50.1 Å². The van der Waals surface area contributed by atoms with E-state index in [1.165, 1.54) is 5.56 Å². The standard InChI is InChI=1S/C19H25BN2O2/c1-14-11-12-16(20-23-18(2,3)19(4,5)24-20)17(22-14)21-13-15-9-7-6-8-10-15/h6-12H,13H2,1-5H3,(H,21,22). The molecule has 1 fully saturated rings. The summed E-state index contributed by atoms with van der Waals surface area (Å²) in [5.41, 5.74) is 2.39. The monoisotopic (exact) mass is 324 g/mol. The summed E-state index contributed by atoms with van der Waals surface area (Å²) in [5, 5.41) is 3.43. The number of benzene rings is 1. The van der Waals surface area contributed by atoms with Crippen LogP contribution < -0.4 is 10.8 Å². The fraction of sp³-hybridized carbons (Fsp3) is 0.421. The van der Waals surface area contributed by atoms with Gasteiger partial charge in [-0.25, -0.2) is 4.98 Å². The van der Waals surface area contributed by atoms with E-state index < -0.39 is 7.12 Å². The first-order valence-electron chi connectivity index (χ1n) is 8.39. The van der Waals surface area contributed by atoms with Crippen LogP contribution in [-0.2, 0) is 15.9 Å². The maximum atomic E-state index is 6.18. The van der Waals surface area contributed by atoms with Gasteiger partial charge in [0.1, 0.15) is 5.82 Å². The molecule has 0 saturated carbocycles. The second-order valence-electron chi connectivity index (χ2n) is 7.32. The van der Waals surface area contributed by atoms with E-state index in [4.69, 9.17) is 9.31 Å². The van der Waals surface area contributed by atoms with Crippen LogP contribution in [0.1, 0.15) is 39.0 Å². The average molecular weight is 324 g/mol. The number of aryl methyl sites for hydroxylation is 1. The molecule has 4 nitrogen and oxygen atoms in total. The highest BCUT2D eigenvalue weighted by Gasteiger charge is 2.52. The summed E-state index contributed by atoms with van der Waals surface area (Å²) in [6.07, 6.45) is 0. The highest BCUT2D eigenvalue weighted by molar-refractivity contribution is 6.63. The van der Waals surface area contributed by atoms with Crippen molar-refractivity contribution < 1.29 is 9.31 Å². The molecule has 3 rings (SSSR count). The number of rotatable bonds is 4. The van der Waals surface area contributed by atoms with Crippen molar-refractivity contribution in [2.45, 2.75) is 52.4 Å². The highest BCUT2D eigenvalue weighted by atomic mass is 16.7. The summed E-state index contributed by atoms with van der Waals surface area (Å²) in [5.74, 6) is 0.817. The largest absolute Gasteiger partial charge is 0.498 e. The second kappa shape index (κ2) is 6.23. The van der Waals surface area contributed by atoms with Gasteiger partial charge < -0.3 is 14.6 Å². The molecule has 2 aromatic rings. The zero-order valence-electron chi connectivity index (χ0n) is 15.1. The predicted molar refractivity (Wildman–Crippen MR) is 98.5 cm³/mol. The Morgan fingerprint density at radius 2 is 1.58 bits per heavy atom. The Hall–Kier alpha value is -1.85. The lowest BCUT2D eigenvalue weighted by atomic mass is 9.79. The molecule has 1 aromatic heterocycles. The molecule has 0 aliphatic carbocycles. The van der Waals surface area contributed by atoms with Crippen molar-refractivity contribution in [2.24, 2.45) is 0 Å². The van der Waals surface area contributed by atoms with Gasteiger partial charge in [-0.05, 0) is 46.2 Å². The molecule has 0 amide bonds. The Labute approximate surface area is 144 Å². The number of hydrogen-bond acceptors (Lipinski definition) is 4. The quantitative estimate of drug-likeness (QED) is 0.877. The average Bonchev–Trinajstić information content (AvgIpc) is 2.74. The van der Waals surface area contributed by atoms with Gasteiger partial charge >= 0.3 is 7.12 Å². The Balaban J connectivity index is 1.84. The molecule has 0 atom stereocenters. The molecule has 0 bridgehead atoms. The number of hydrogen-bond donors (Lipinski definition) is 1. The maximum absolute atomic E-state index is 6.18. The smallest absolute Gasteiger partial charge is 0.399 e. The molecular weight excluding hydrogens is 299 g/mol. The molecule has 126 valence electrons. The van der Waals surface area contributed by atoms with Crippen molar-refractivity contribution >= 4 is 18.4 Å². The third kappa shape index (κ3) is 3.33. The SMILES string of the molecule is Cc1ccc(B2OC(C)(C)C(C)(C)O2)c(NCc2ccccc2)n1. The van der Waals surface area contributed by atoms with E-state index in [9.17, 15) is 0 Å². The molecular formula is C19H25BN2O2. The van der Waals surface area contributed by atoms with Crippen molar-refractivity contribution in [3.05, 3.63) is 53.7 Å². The molecule has 0 radical (unpaired) electrons. The Bertz CT molecular complexity index is 701. The normalized spacial score (nSPS) is 18.6. The zero-order chi connectivity index (χ0) is 17.4. The molecule has 1 N–H and O–H groups in total. The number of nitrogens with zero attached hydrogens (tertiary/aromatic N) is 1. The molecule has 0 spiro atoms. The van der Waals surface area contributed by atoms with Gasteiger partial charge in [0.2, 0.25) is 0 Å². The van der Waals surface area contributed by atoms with Gasteiger partial charge in [-0.15, -0.1) is 0 Å². The Morgan fingerprint density at radius 1 is 0.958 bits per heavy atom. The molecule has 1 aliphatic rings. The number of aromatic nitrogens is 1.